The lowest BCUT2D eigenvalue weighted by molar-refractivity contribution is -0.131. The zero-order valence-electron chi connectivity index (χ0n) is 24.7. The molecule has 0 aliphatic heterocycles. The van der Waals surface area contributed by atoms with Crippen LogP contribution in [0.15, 0.2) is 20.5 Å². The molecule has 0 radical (unpaired) electrons. The third-order valence-corrected chi connectivity index (χ3v) is 5.82. The first-order valence-corrected chi connectivity index (χ1v) is 12.5. The Morgan fingerprint density at radius 3 is 0.929 bits per heavy atom. The number of aliphatic hydroxyl groups is 8. The SMILES string of the molecule is CC(C#N)(CO)N=NC(C)(C#N)CO.CC(C)(N=NC(C)(C)C(=O)NC(CO)(CO)CO)C(=O)NC(CO)(CO)CO. The van der Waals surface area contributed by atoms with Gasteiger partial charge in [-0.25, -0.2) is 0 Å². The van der Waals surface area contributed by atoms with Gasteiger partial charge < -0.3 is 51.5 Å². The molecule has 18 heteroatoms. The van der Waals surface area contributed by atoms with Crippen molar-refractivity contribution < 1.29 is 50.4 Å². The average molecular weight is 605 g/mol. The highest BCUT2D eigenvalue weighted by Gasteiger charge is 2.39. The highest BCUT2D eigenvalue weighted by Crippen LogP contribution is 2.19. The summed E-state index contributed by atoms with van der Waals surface area (Å²) in [5.74, 6) is -1.53. The minimum atomic E-state index is -1.64. The Labute approximate surface area is 244 Å². The lowest BCUT2D eigenvalue weighted by Crippen LogP contribution is -2.61. The minimum Gasteiger partial charge on any atom is -0.394 e. The molecule has 0 bridgehead atoms. The molecule has 10 N–H and O–H groups in total. The fourth-order valence-electron chi connectivity index (χ4n) is 2.06. The molecular weight excluding hydrogens is 560 g/mol. The topological polar surface area (TPSA) is 317 Å². The van der Waals surface area contributed by atoms with Gasteiger partial charge in [0.2, 0.25) is 11.8 Å². The molecule has 0 saturated heterocycles. The van der Waals surface area contributed by atoms with Gasteiger partial charge in [-0.2, -0.15) is 31.0 Å². The van der Waals surface area contributed by atoms with Crippen molar-refractivity contribution in [2.24, 2.45) is 20.5 Å². The number of nitrogens with zero attached hydrogens (tertiary/aromatic N) is 6. The third-order valence-electron chi connectivity index (χ3n) is 5.82. The van der Waals surface area contributed by atoms with Crippen molar-refractivity contribution in [2.45, 2.75) is 74.8 Å². The lowest BCUT2D eigenvalue weighted by atomic mass is 9.98. The Morgan fingerprint density at radius 2 is 0.762 bits per heavy atom. The summed E-state index contributed by atoms with van der Waals surface area (Å²) in [6, 6.07) is 3.49. The second-order valence-electron chi connectivity index (χ2n) is 11.0. The normalized spacial score (nSPS) is 15.5. The summed E-state index contributed by atoms with van der Waals surface area (Å²) in [4.78, 5) is 24.8. The number of aliphatic hydroxyl groups excluding tert-OH is 8. The van der Waals surface area contributed by atoms with E-state index in [1.807, 2.05) is 0 Å². The maximum Gasteiger partial charge on any atom is 0.249 e. The van der Waals surface area contributed by atoms with Gasteiger partial charge in [-0.1, -0.05) is 0 Å². The first kappa shape index (κ1) is 40.9. The zero-order chi connectivity index (χ0) is 33.5. The highest BCUT2D eigenvalue weighted by atomic mass is 16.3. The molecule has 0 spiro atoms. The average Bonchev–Trinajstić information content (AvgIpc) is 3.00. The van der Waals surface area contributed by atoms with Gasteiger partial charge in [-0.3, -0.25) is 9.59 Å². The fraction of sp³-hybridized carbons (Fsp3) is 0.833. The molecule has 0 rings (SSSR count). The van der Waals surface area contributed by atoms with E-state index in [4.69, 9.17) is 20.7 Å². The summed E-state index contributed by atoms with van der Waals surface area (Å²) in [5.41, 5.74) is -9.03. The Hall–Kier alpha value is -3.20. The van der Waals surface area contributed by atoms with Gasteiger partial charge in [-0.05, 0) is 41.5 Å². The summed E-state index contributed by atoms with van der Waals surface area (Å²) in [6.45, 7) is 3.01. The van der Waals surface area contributed by atoms with Crippen molar-refractivity contribution in [3.8, 4) is 12.1 Å². The van der Waals surface area contributed by atoms with Crippen molar-refractivity contribution in [2.75, 3.05) is 52.9 Å². The zero-order valence-corrected chi connectivity index (χ0v) is 24.7. The molecule has 0 aromatic rings. The molecule has 0 aliphatic rings. The Bertz CT molecular complexity index is 921. The van der Waals surface area contributed by atoms with Gasteiger partial charge in [0.1, 0.15) is 11.1 Å². The lowest BCUT2D eigenvalue weighted by Gasteiger charge is -2.33. The van der Waals surface area contributed by atoms with Crippen molar-refractivity contribution >= 4 is 11.8 Å². The predicted octanol–water partition coefficient (Wildman–Crippen LogP) is -3.35. The van der Waals surface area contributed by atoms with Crippen LogP contribution in [0, 0.1) is 22.7 Å². The molecule has 240 valence electrons. The van der Waals surface area contributed by atoms with E-state index in [9.17, 15) is 40.2 Å². The van der Waals surface area contributed by atoms with Crippen LogP contribution in [0.25, 0.3) is 0 Å². The Kier molecular flexibility index (Phi) is 16.6. The number of carbonyl (C=O) groups excluding carboxylic acids is 2. The largest absolute Gasteiger partial charge is 0.394 e. The van der Waals surface area contributed by atoms with Crippen molar-refractivity contribution in [3.05, 3.63) is 0 Å². The van der Waals surface area contributed by atoms with Crippen LogP contribution >= 0.6 is 0 Å². The van der Waals surface area contributed by atoms with Crippen LogP contribution in [0.3, 0.4) is 0 Å². The number of rotatable bonds is 16. The second kappa shape index (κ2) is 17.0. The smallest absolute Gasteiger partial charge is 0.249 e. The Balaban J connectivity index is 0. The van der Waals surface area contributed by atoms with Gasteiger partial charge in [-0.15, -0.1) is 0 Å². The molecule has 0 aromatic carbocycles. The number of hydrogen-bond acceptors (Lipinski definition) is 16. The molecule has 0 aromatic heterocycles. The molecule has 2 atom stereocenters. The Morgan fingerprint density at radius 1 is 0.524 bits per heavy atom. The molecule has 0 heterocycles. The van der Waals surface area contributed by atoms with Crippen LogP contribution in [-0.4, -0.2) is 139 Å². The number of azo groups is 2. The second-order valence-corrected chi connectivity index (χ2v) is 11.0. The summed E-state index contributed by atoms with van der Waals surface area (Å²) in [5, 5.41) is 110. The molecule has 0 aliphatic carbocycles. The molecule has 18 nitrogen and oxygen atoms in total. The quantitative estimate of drug-likeness (QED) is 0.0772. The molecule has 2 amide bonds. The van der Waals surface area contributed by atoms with E-state index in [2.05, 4.69) is 31.1 Å². The first-order valence-electron chi connectivity index (χ1n) is 12.5. The standard InChI is InChI=1S/C16H32N4O8.C8H12N4O2/c1-13(2,11(27)17-15(5-21,6-22)7-23)19-20-14(3,4)12(28)18-16(8-24,9-25)10-26;1-7(3-9,5-13)11-12-8(2,4-10)6-14/h21-26H,5-10H2,1-4H3,(H,17,27)(H,18,28);13-14H,5-6H2,1-2H3. The first-order chi connectivity index (χ1) is 19.3. The van der Waals surface area contributed by atoms with E-state index >= 15 is 0 Å². The fourth-order valence-corrected chi connectivity index (χ4v) is 2.06. The van der Waals surface area contributed by atoms with Crippen LogP contribution in [-0.2, 0) is 9.59 Å². The molecule has 42 heavy (non-hydrogen) atoms. The molecule has 0 fully saturated rings. The maximum absolute atomic E-state index is 12.4. The summed E-state index contributed by atoms with van der Waals surface area (Å²) in [6.07, 6.45) is 0. The van der Waals surface area contributed by atoms with Gasteiger partial charge in [0.25, 0.3) is 0 Å². The van der Waals surface area contributed by atoms with Crippen molar-refractivity contribution in [1.29, 1.82) is 10.5 Å². The van der Waals surface area contributed by atoms with Gasteiger partial charge in [0, 0.05) is 0 Å². The van der Waals surface area contributed by atoms with Gasteiger partial charge >= 0.3 is 0 Å². The maximum atomic E-state index is 12.4. The molecule has 0 saturated carbocycles. The molecular formula is C24H44N8O10. The van der Waals surface area contributed by atoms with E-state index in [-0.39, 0.29) is 0 Å². The van der Waals surface area contributed by atoms with Crippen molar-refractivity contribution in [1.82, 2.24) is 10.6 Å². The van der Waals surface area contributed by atoms with E-state index in [0.29, 0.717) is 0 Å². The van der Waals surface area contributed by atoms with Gasteiger partial charge in [0.05, 0.1) is 65.0 Å². The monoisotopic (exact) mass is 604 g/mol. The van der Waals surface area contributed by atoms with E-state index < -0.39 is 97.9 Å². The number of nitriles is 2. The van der Waals surface area contributed by atoms with Crippen LogP contribution in [0.1, 0.15) is 41.5 Å². The van der Waals surface area contributed by atoms with Crippen molar-refractivity contribution in [3.63, 3.8) is 0 Å². The van der Waals surface area contributed by atoms with E-state index in [0.717, 1.165) is 0 Å². The molecule has 2 unspecified atom stereocenters. The van der Waals surface area contributed by atoms with Crippen LogP contribution < -0.4 is 10.6 Å². The van der Waals surface area contributed by atoms with Crippen LogP contribution in [0.5, 0.6) is 0 Å². The van der Waals surface area contributed by atoms with Gasteiger partial charge in [0.15, 0.2) is 22.2 Å². The minimum absolute atomic E-state index is 0.486. The number of nitrogens with one attached hydrogen (secondary N) is 2. The van der Waals surface area contributed by atoms with E-state index in [1.54, 1.807) is 12.1 Å². The number of amides is 2. The third kappa shape index (κ3) is 12.0. The summed E-state index contributed by atoms with van der Waals surface area (Å²) < 4.78 is 0. The highest BCUT2D eigenvalue weighted by molar-refractivity contribution is 5.87. The van der Waals surface area contributed by atoms with Crippen LogP contribution in [0.4, 0.5) is 0 Å². The van der Waals surface area contributed by atoms with Crippen LogP contribution in [0.2, 0.25) is 0 Å². The summed E-state index contributed by atoms with van der Waals surface area (Å²) >= 11 is 0. The van der Waals surface area contributed by atoms with E-state index in [1.165, 1.54) is 41.5 Å². The number of carbonyl (C=O) groups is 2. The predicted molar refractivity (Wildman–Crippen MR) is 144 cm³/mol. The number of hydrogen-bond donors (Lipinski definition) is 10. The summed E-state index contributed by atoms with van der Waals surface area (Å²) in [7, 11) is 0.